The van der Waals surface area contributed by atoms with Gasteiger partial charge in [-0.2, -0.15) is 0 Å². The highest BCUT2D eigenvalue weighted by atomic mass is 32.2. The van der Waals surface area contributed by atoms with Gasteiger partial charge in [0.05, 0.1) is 5.75 Å². The van der Waals surface area contributed by atoms with Crippen LogP contribution < -0.4 is 16.8 Å². The maximum absolute atomic E-state index is 12.3. The minimum absolute atomic E-state index is 0.0703. The molecule has 27 heavy (non-hydrogen) atoms. The zero-order valence-corrected chi connectivity index (χ0v) is 15.7. The largest absolute Gasteiger partial charge is 0.383 e. The van der Waals surface area contributed by atoms with Crippen LogP contribution in [0, 0.1) is 0 Å². The van der Waals surface area contributed by atoms with Crippen molar-refractivity contribution in [1.29, 1.82) is 0 Å². The quantitative estimate of drug-likeness (QED) is 0.504. The zero-order valence-electron chi connectivity index (χ0n) is 14.9. The molecule has 2 heterocycles. The molecule has 0 bridgehead atoms. The topological polar surface area (TPSA) is 127 Å². The Morgan fingerprint density at radius 3 is 2.33 bits per heavy atom. The molecule has 1 aromatic carbocycles. The minimum atomic E-state index is -0.151. The number of thioether (sulfide) groups is 1. The monoisotopic (exact) mass is 386 g/mol. The summed E-state index contributed by atoms with van der Waals surface area (Å²) in [7, 11) is 0. The van der Waals surface area contributed by atoms with E-state index in [0.29, 0.717) is 17.3 Å². The number of nitrogens with two attached hydrogens (primary N) is 2. The van der Waals surface area contributed by atoms with E-state index in [1.165, 1.54) is 17.8 Å². The van der Waals surface area contributed by atoms with E-state index in [0.717, 1.165) is 31.5 Å². The van der Waals surface area contributed by atoms with E-state index in [2.05, 4.69) is 15.3 Å². The van der Waals surface area contributed by atoms with Gasteiger partial charge < -0.3 is 21.7 Å². The number of anilines is 2. The summed E-state index contributed by atoms with van der Waals surface area (Å²) in [4.78, 5) is 34.2. The van der Waals surface area contributed by atoms with Crippen molar-refractivity contribution in [1.82, 2.24) is 20.2 Å². The molecule has 3 rings (SSSR count). The van der Waals surface area contributed by atoms with E-state index in [9.17, 15) is 9.59 Å². The molecule has 0 saturated carbocycles. The van der Waals surface area contributed by atoms with Crippen LogP contribution in [0.5, 0.6) is 0 Å². The summed E-state index contributed by atoms with van der Waals surface area (Å²) in [6.07, 6.45) is 2.14. The summed E-state index contributed by atoms with van der Waals surface area (Å²) in [5, 5.41) is 3.20. The predicted octanol–water partition coefficient (Wildman–Crippen LogP) is 1.29. The van der Waals surface area contributed by atoms with Crippen LogP contribution in [0.2, 0.25) is 0 Å². The number of aromatic nitrogens is 2. The fourth-order valence-electron chi connectivity index (χ4n) is 2.78. The van der Waals surface area contributed by atoms with E-state index in [4.69, 9.17) is 11.5 Å². The summed E-state index contributed by atoms with van der Waals surface area (Å²) in [5.41, 5.74) is 12.8. The standard InChI is InChI=1S/C18H22N6O2S/c19-14-9-15(20)23-18(22-14)27-11-16(25)21-10-12-3-5-13(6-4-12)17(26)24-7-1-2-8-24/h3-6,9H,1-2,7-8,10-11H2,(H,21,25)(H4,19,20,22,23). The van der Waals surface area contributed by atoms with Gasteiger partial charge in [-0.05, 0) is 30.5 Å². The highest BCUT2D eigenvalue weighted by Crippen LogP contribution is 2.16. The van der Waals surface area contributed by atoms with Gasteiger partial charge in [0.15, 0.2) is 5.16 Å². The fourth-order valence-corrected chi connectivity index (χ4v) is 3.48. The van der Waals surface area contributed by atoms with Crippen molar-refractivity contribution in [2.45, 2.75) is 24.5 Å². The first-order chi connectivity index (χ1) is 13.0. The number of nitrogens with one attached hydrogen (secondary N) is 1. The maximum Gasteiger partial charge on any atom is 0.253 e. The first-order valence-corrected chi connectivity index (χ1v) is 9.67. The van der Waals surface area contributed by atoms with Crippen LogP contribution in [0.4, 0.5) is 11.6 Å². The average Bonchev–Trinajstić information content (AvgIpc) is 3.18. The average molecular weight is 386 g/mol. The van der Waals surface area contributed by atoms with Crippen LogP contribution in [0.3, 0.4) is 0 Å². The molecular formula is C18H22N6O2S. The number of nitrogens with zero attached hydrogens (tertiary/aromatic N) is 3. The van der Waals surface area contributed by atoms with Crippen LogP contribution in [-0.2, 0) is 11.3 Å². The summed E-state index contributed by atoms with van der Waals surface area (Å²) in [6.45, 7) is 2.05. The lowest BCUT2D eigenvalue weighted by Crippen LogP contribution is -2.27. The van der Waals surface area contributed by atoms with Gasteiger partial charge in [-0.25, -0.2) is 9.97 Å². The van der Waals surface area contributed by atoms with E-state index in [1.807, 2.05) is 17.0 Å². The van der Waals surface area contributed by atoms with Crippen molar-refractivity contribution in [3.63, 3.8) is 0 Å². The van der Waals surface area contributed by atoms with Crippen molar-refractivity contribution in [3.8, 4) is 0 Å². The zero-order chi connectivity index (χ0) is 19.2. The van der Waals surface area contributed by atoms with E-state index < -0.39 is 0 Å². The fraction of sp³-hybridized carbons (Fsp3) is 0.333. The van der Waals surface area contributed by atoms with Crippen molar-refractivity contribution < 1.29 is 9.59 Å². The Balaban J connectivity index is 1.46. The number of hydrogen-bond acceptors (Lipinski definition) is 7. The molecule has 1 saturated heterocycles. The number of amides is 2. The number of carbonyl (C=O) groups excluding carboxylic acids is 2. The lowest BCUT2D eigenvalue weighted by Gasteiger charge is -2.15. The minimum Gasteiger partial charge on any atom is -0.383 e. The third-order valence-corrected chi connectivity index (χ3v) is 5.01. The van der Waals surface area contributed by atoms with E-state index in [1.54, 1.807) is 12.1 Å². The number of nitrogen functional groups attached to an aromatic ring is 2. The Kier molecular flexibility index (Phi) is 6.12. The van der Waals surface area contributed by atoms with Gasteiger partial charge in [0, 0.05) is 31.3 Å². The Labute approximate surface area is 161 Å². The molecule has 0 unspecified atom stereocenters. The SMILES string of the molecule is Nc1cc(N)nc(SCC(=O)NCc2ccc(C(=O)N3CCCC3)cc2)n1. The number of rotatable bonds is 6. The highest BCUT2D eigenvalue weighted by molar-refractivity contribution is 7.99. The number of hydrogen-bond donors (Lipinski definition) is 3. The first kappa shape index (κ1) is 19.0. The molecule has 0 aliphatic carbocycles. The molecule has 0 atom stereocenters. The molecule has 9 heteroatoms. The normalized spacial score (nSPS) is 13.6. The number of benzene rings is 1. The molecule has 0 radical (unpaired) electrons. The Morgan fingerprint density at radius 2 is 1.70 bits per heavy atom. The molecule has 5 N–H and O–H groups in total. The molecule has 1 aliphatic rings. The van der Waals surface area contributed by atoms with Crippen molar-refractivity contribution in [3.05, 3.63) is 41.5 Å². The molecule has 1 aromatic heterocycles. The third kappa shape index (κ3) is 5.33. The van der Waals surface area contributed by atoms with Gasteiger partial charge >= 0.3 is 0 Å². The Bertz CT molecular complexity index is 801. The summed E-state index contributed by atoms with van der Waals surface area (Å²) in [6, 6.07) is 8.79. The summed E-state index contributed by atoms with van der Waals surface area (Å²) < 4.78 is 0. The second-order valence-electron chi connectivity index (χ2n) is 6.26. The lowest BCUT2D eigenvalue weighted by atomic mass is 10.1. The van der Waals surface area contributed by atoms with Gasteiger partial charge in [0.2, 0.25) is 5.91 Å². The second-order valence-corrected chi connectivity index (χ2v) is 7.20. The predicted molar refractivity (Wildman–Crippen MR) is 105 cm³/mol. The van der Waals surface area contributed by atoms with E-state index >= 15 is 0 Å². The molecule has 1 fully saturated rings. The molecular weight excluding hydrogens is 364 g/mol. The number of carbonyl (C=O) groups is 2. The number of likely N-dealkylation sites (tertiary alicyclic amines) is 1. The van der Waals surface area contributed by atoms with Crippen molar-refractivity contribution in [2.75, 3.05) is 30.3 Å². The lowest BCUT2D eigenvalue weighted by molar-refractivity contribution is -0.118. The van der Waals surface area contributed by atoms with Crippen molar-refractivity contribution in [2.24, 2.45) is 0 Å². The van der Waals surface area contributed by atoms with Crippen LogP contribution in [0.15, 0.2) is 35.5 Å². The second kappa shape index (κ2) is 8.72. The van der Waals surface area contributed by atoms with Crippen LogP contribution >= 0.6 is 11.8 Å². The van der Waals surface area contributed by atoms with Gasteiger partial charge in [-0.15, -0.1) is 0 Å². The van der Waals surface area contributed by atoms with Crippen LogP contribution in [0.25, 0.3) is 0 Å². The Morgan fingerprint density at radius 1 is 1.07 bits per heavy atom. The maximum atomic E-state index is 12.3. The van der Waals surface area contributed by atoms with E-state index in [-0.39, 0.29) is 29.2 Å². The molecule has 2 amide bonds. The van der Waals surface area contributed by atoms with Crippen LogP contribution in [0.1, 0.15) is 28.8 Å². The van der Waals surface area contributed by atoms with Gasteiger partial charge in [-0.1, -0.05) is 23.9 Å². The molecule has 1 aliphatic heterocycles. The van der Waals surface area contributed by atoms with Crippen LogP contribution in [-0.4, -0.2) is 45.5 Å². The smallest absolute Gasteiger partial charge is 0.253 e. The Hall–Kier alpha value is -2.81. The summed E-state index contributed by atoms with van der Waals surface area (Å²) in [5.74, 6) is 0.625. The van der Waals surface area contributed by atoms with Gasteiger partial charge in [0.25, 0.3) is 5.91 Å². The van der Waals surface area contributed by atoms with Gasteiger partial charge in [-0.3, -0.25) is 9.59 Å². The third-order valence-electron chi connectivity index (χ3n) is 4.16. The first-order valence-electron chi connectivity index (χ1n) is 8.69. The molecule has 2 aromatic rings. The highest BCUT2D eigenvalue weighted by Gasteiger charge is 2.19. The molecule has 142 valence electrons. The molecule has 0 spiro atoms. The summed E-state index contributed by atoms with van der Waals surface area (Å²) >= 11 is 1.17. The van der Waals surface area contributed by atoms with Gasteiger partial charge in [0.1, 0.15) is 11.6 Å². The molecule has 8 nitrogen and oxygen atoms in total. The van der Waals surface area contributed by atoms with Crippen molar-refractivity contribution >= 4 is 35.2 Å².